The van der Waals surface area contributed by atoms with Crippen LogP contribution in [-0.2, 0) is 5.41 Å². The summed E-state index contributed by atoms with van der Waals surface area (Å²) >= 11 is 0. The fraction of sp³-hybridized carbons (Fsp3) is 0.300. The minimum absolute atomic E-state index is 0.175. The van der Waals surface area contributed by atoms with Crippen molar-refractivity contribution in [2.45, 2.75) is 37.5 Å². The molecule has 0 fully saturated rings. The molecule has 0 aliphatic heterocycles. The van der Waals surface area contributed by atoms with Crippen LogP contribution in [0.25, 0.3) is 10.9 Å². The predicted octanol–water partition coefficient (Wildman–Crippen LogP) is 5.20. The molecule has 1 aromatic heterocycles. The molecule has 0 saturated heterocycles. The van der Waals surface area contributed by atoms with Crippen LogP contribution in [0, 0.1) is 11.6 Å². The van der Waals surface area contributed by atoms with Gasteiger partial charge in [0.15, 0.2) is 5.60 Å². The Morgan fingerprint density at radius 3 is 2.55 bits per heavy atom. The number of H-pyrrole nitrogens is 1. The molecule has 1 heterocycles. The summed E-state index contributed by atoms with van der Waals surface area (Å²) in [5, 5.41) is 17.4. The largest absolute Gasteiger partial charge is 0.422 e. The summed E-state index contributed by atoms with van der Waals surface area (Å²) in [4.78, 5) is 3.84. The van der Waals surface area contributed by atoms with E-state index in [4.69, 9.17) is 0 Å². The maximum atomic E-state index is 14.2. The van der Waals surface area contributed by atoms with Gasteiger partial charge in [-0.05, 0) is 47.7 Å². The van der Waals surface area contributed by atoms with Gasteiger partial charge >= 0.3 is 6.18 Å². The highest BCUT2D eigenvalue weighted by atomic mass is 19.4. The van der Waals surface area contributed by atoms with Crippen LogP contribution >= 0.6 is 0 Å². The summed E-state index contributed by atoms with van der Waals surface area (Å²) in [6, 6.07) is 7.27. The van der Waals surface area contributed by atoms with Crippen LogP contribution in [0.4, 0.5) is 27.6 Å². The molecule has 0 aliphatic carbocycles. The average molecular weight is 411 g/mol. The van der Waals surface area contributed by atoms with E-state index in [0.717, 1.165) is 18.2 Å². The number of fused-ring (bicyclic) bond motifs is 1. The summed E-state index contributed by atoms with van der Waals surface area (Å²) in [6.07, 6.45) is -4.26. The molecule has 9 heteroatoms. The Kier molecular flexibility index (Phi) is 5.20. The third-order valence-corrected chi connectivity index (χ3v) is 4.74. The summed E-state index contributed by atoms with van der Waals surface area (Å²) in [6.45, 7) is 2.60. The van der Waals surface area contributed by atoms with Crippen molar-refractivity contribution in [2.24, 2.45) is 4.99 Å². The van der Waals surface area contributed by atoms with E-state index in [0.29, 0.717) is 17.1 Å². The van der Waals surface area contributed by atoms with Crippen molar-refractivity contribution < 1.29 is 27.1 Å². The molecule has 0 radical (unpaired) electrons. The van der Waals surface area contributed by atoms with Crippen LogP contribution in [0.5, 0.6) is 0 Å². The lowest BCUT2D eigenvalue weighted by atomic mass is 9.75. The Bertz CT molecular complexity index is 1060. The van der Waals surface area contributed by atoms with E-state index in [1.807, 2.05) is 0 Å². The number of nitrogens with zero attached hydrogens (tertiary/aromatic N) is 2. The first-order valence-corrected chi connectivity index (χ1v) is 8.65. The molecule has 0 bridgehead atoms. The van der Waals surface area contributed by atoms with Gasteiger partial charge in [0.05, 0.1) is 17.4 Å². The highest BCUT2D eigenvalue weighted by molar-refractivity contribution is 5.91. The molecule has 0 aliphatic rings. The summed E-state index contributed by atoms with van der Waals surface area (Å²) in [7, 11) is 0. The molecule has 2 aromatic carbocycles. The van der Waals surface area contributed by atoms with Gasteiger partial charge in [-0.3, -0.25) is 10.1 Å². The molecule has 0 spiro atoms. The summed E-state index contributed by atoms with van der Waals surface area (Å²) in [5.74, 6) is -1.65. The molecular weight excluding hydrogens is 393 g/mol. The number of aliphatic hydroxyl groups is 1. The number of aliphatic imine (C=N–C) groups is 1. The second kappa shape index (κ2) is 7.22. The van der Waals surface area contributed by atoms with E-state index in [2.05, 4.69) is 15.2 Å². The number of aromatic amines is 1. The standard InChI is InChI=1S/C20H18F5N3O/c1-18(2,14-8-12(21)6-7-15(14)22)10-19(29,20(23,24)25)11-26-16-4-3-5-17-13(16)9-27-28-17/h3-9,11,29H,10H2,1-2H3,(H,27,28). The summed E-state index contributed by atoms with van der Waals surface area (Å²) in [5.41, 5.74) is -4.46. The lowest BCUT2D eigenvalue weighted by Crippen LogP contribution is -2.50. The maximum absolute atomic E-state index is 14.2. The van der Waals surface area contributed by atoms with Gasteiger partial charge in [-0.1, -0.05) is 19.9 Å². The van der Waals surface area contributed by atoms with E-state index < -0.39 is 35.2 Å². The second-order valence-corrected chi connectivity index (χ2v) is 7.47. The molecular formula is C20H18F5N3O. The van der Waals surface area contributed by atoms with Gasteiger partial charge in [-0.25, -0.2) is 8.78 Å². The normalized spacial score (nSPS) is 15.2. The lowest BCUT2D eigenvalue weighted by molar-refractivity contribution is -0.234. The number of alkyl halides is 3. The van der Waals surface area contributed by atoms with Gasteiger partial charge in [-0.15, -0.1) is 0 Å². The zero-order valence-electron chi connectivity index (χ0n) is 15.6. The monoisotopic (exact) mass is 411 g/mol. The van der Waals surface area contributed by atoms with E-state index in [-0.39, 0.29) is 11.3 Å². The third-order valence-electron chi connectivity index (χ3n) is 4.74. The van der Waals surface area contributed by atoms with Crippen molar-refractivity contribution in [1.82, 2.24) is 10.2 Å². The quantitative estimate of drug-likeness (QED) is 0.448. The first kappa shape index (κ1) is 20.9. The Morgan fingerprint density at radius 2 is 1.86 bits per heavy atom. The van der Waals surface area contributed by atoms with Crippen LogP contribution in [-0.4, -0.2) is 33.3 Å². The highest BCUT2D eigenvalue weighted by Crippen LogP contribution is 2.41. The molecule has 29 heavy (non-hydrogen) atoms. The number of aromatic nitrogens is 2. The molecule has 1 unspecified atom stereocenters. The molecule has 154 valence electrons. The van der Waals surface area contributed by atoms with Gasteiger partial charge in [0.2, 0.25) is 0 Å². The Morgan fingerprint density at radius 1 is 1.14 bits per heavy atom. The first-order valence-electron chi connectivity index (χ1n) is 8.65. The molecule has 1 atom stereocenters. The van der Waals surface area contributed by atoms with Crippen LogP contribution < -0.4 is 0 Å². The number of benzene rings is 2. The SMILES string of the molecule is CC(C)(CC(O)(C=Nc1cccc2[nH]ncc12)C(F)(F)F)c1cc(F)ccc1F. The van der Waals surface area contributed by atoms with Crippen LogP contribution in [0.15, 0.2) is 47.6 Å². The Balaban J connectivity index is 2.01. The van der Waals surface area contributed by atoms with Crippen molar-refractivity contribution >= 4 is 22.8 Å². The van der Waals surface area contributed by atoms with Crippen molar-refractivity contribution in [3.63, 3.8) is 0 Å². The highest BCUT2D eigenvalue weighted by Gasteiger charge is 2.55. The van der Waals surface area contributed by atoms with E-state index in [9.17, 15) is 27.1 Å². The van der Waals surface area contributed by atoms with Gasteiger partial charge in [0.25, 0.3) is 0 Å². The molecule has 2 N–H and O–H groups in total. The third kappa shape index (κ3) is 4.14. The van der Waals surface area contributed by atoms with Crippen LogP contribution in [0.3, 0.4) is 0 Å². The lowest BCUT2D eigenvalue weighted by Gasteiger charge is -2.35. The van der Waals surface area contributed by atoms with Gasteiger partial charge in [0.1, 0.15) is 11.6 Å². The first-order chi connectivity index (χ1) is 13.4. The predicted molar refractivity (Wildman–Crippen MR) is 99.3 cm³/mol. The zero-order chi connectivity index (χ0) is 21.4. The smallest absolute Gasteiger partial charge is 0.376 e. The maximum Gasteiger partial charge on any atom is 0.422 e. The number of rotatable bonds is 5. The number of hydrogen-bond acceptors (Lipinski definition) is 3. The Labute approximate surface area is 163 Å². The second-order valence-electron chi connectivity index (χ2n) is 7.47. The number of halogens is 5. The molecule has 3 rings (SSSR count). The van der Waals surface area contributed by atoms with Gasteiger partial charge < -0.3 is 5.11 Å². The minimum Gasteiger partial charge on any atom is -0.376 e. The molecule has 4 nitrogen and oxygen atoms in total. The van der Waals surface area contributed by atoms with Gasteiger partial charge in [-0.2, -0.15) is 18.3 Å². The molecule has 0 amide bonds. The van der Waals surface area contributed by atoms with Crippen molar-refractivity contribution in [3.8, 4) is 0 Å². The number of nitrogens with one attached hydrogen (secondary N) is 1. The Hall–Kier alpha value is -2.81. The van der Waals surface area contributed by atoms with Gasteiger partial charge in [0, 0.05) is 11.6 Å². The van der Waals surface area contributed by atoms with Crippen molar-refractivity contribution in [1.29, 1.82) is 0 Å². The minimum atomic E-state index is -5.10. The zero-order valence-corrected chi connectivity index (χ0v) is 15.6. The van der Waals surface area contributed by atoms with Crippen LogP contribution in [0.2, 0.25) is 0 Å². The molecule has 0 saturated carbocycles. The fourth-order valence-corrected chi connectivity index (χ4v) is 3.25. The van der Waals surface area contributed by atoms with Crippen molar-refractivity contribution in [3.05, 3.63) is 59.8 Å². The fourth-order valence-electron chi connectivity index (χ4n) is 3.25. The topological polar surface area (TPSA) is 61.3 Å². The summed E-state index contributed by atoms with van der Waals surface area (Å²) < 4.78 is 69.0. The van der Waals surface area contributed by atoms with E-state index in [1.54, 1.807) is 12.1 Å². The van der Waals surface area contributed by atoms with E-state index in [1.165, 1.54) is 26.1 Å². The van der Waals surface area contributed by atoms with Crippen molar-refractivity contribution in [2.75, 3.05) is 0 Å². The number of hydrogen-bond donors (Lipinski definition) is 2. The molecule has 3 aromatic rings. The average Bonchev–Trinajstić information content (AvgIpc) is 3.10. The van der Waals surface area contributed by atoms with Crippen LogP contribution in [0.1, 0.15) is 25.8 Å². The van der Waals surface area contributed by atoms with E-state index >= 15 is 0 Å².